The number of phenolic OH excluding ortho intramolecular Hbond substituents is 1. The molecule has 0 atom stereocenters. The van der Waals surface area contributed by atoms with Gasteiger partial charge in [0, 0.05) is 11.2 Å². The number of anilines is 1. The summed E-state index contributed by atoms with van der Waals surface area (Å²) < 4.78 is 5.71. The van der Waals surface area contributed by atoms with E-state index in [0.717, 1.165) is 11.1 Å². The van der Waals surface area contributed by atoms with Crippen molar-refractivity contribution < 1.29 is 14.6 Å². The van der Waals surface area contributed by atoms with Crippen molar-refractivity contribution in [1.29, 1.82) is 0 Å². The van der Waals surface area contributed by atoms with Gasteiger partial charge in [0.2, 0.25) is 0 Å². The van der Waals surface area contributed by atoms with E-state index in [4.69, 9.17) is 16.3 Å². The summed E-state index contributed by atoms with van der Waals surface area (Å²) in [4.78, 5) is 18.7. The van der Waals surface area contributed by atoms with Crippen LogP contribution in [0.4, 0.5) is 5.69 Å². The van der Waals surface area contributed by atoms with Crippen LogP contribution in [-0.4, -0.2) is 22.6 Å². The van der Waals surface area contributed by atoms with Gasteiger partial charge in [0.25, 0.3) is 5.91 Å². The van der Waals surface area contributed by atoms with Gasteiger partial charge in [-0.05, 0) is 61.4 Å². The Morgan fingerprint density at radius 1 is 1.11 bits per heavy atom. The van der Waals surface area contributed by atoms with E-state index >= 15 is 0 Å². The topological polar surface area (TPSA) is 62.7 Å². The monoisotopic (exact) mass is 396 g/mol. The molecule has 0 fully saturated rings. The van der Waals surface area contributed by atoms with E-state index in [2.05, 4.69) is 4.98 Å². The molecule has 0 aliphatic carbocycles. The lowest BCUT2D eigenvalue weighted by atomic mass is 10.1. The number of benzene rings is 2. The van der Waals surface area contributed by atoms with Gasteiger partial charge >= 0.3 is 0 Å². The van der Waals surface area contributed by atoms with Gasteiger partial charge < -0.3 is 9.84 Å². The summed E-state index contributed by atoms with van der Waals surface area (Å²) in [6.45, 7) is 3.82. The van der Waals surface area contributed by atoms with Crippen LogP contribution in [0.1, 0.15) is 16.8 Å². The highest BCUT2D eigenvalue weighted by Crippen LogP contribution is 2.29. The SMILES string of the molecule is Cc1cc(OCC(=O)N(Cc2ccccn2)c2ccccc2O)cc(C)c1Cl. The van der Waals surface area contributed by atoms with Crippen LogP contribution in [0.2, 0.25) is 5.02 Å². The van der Waals surface area contributed by atoms with E-state index < -0.39 is 0 Å². The number of aromatic hydroxyl groups is 1. The number of hydrogen-bond donors (Lipinski definition) is 1. The third-order valence-corrected chi connectivity index (χ3v) is 4.89. The number of aromatic nitrogens is 1. The lowest BCUT2D eigenvalue weighted by Crippen LogP contribution is -2.34. The quantitative estimate of drug-likeness (QED) is 0.657. The number of nitrogens with zero attached hydrogens (tertiary/aromatic N) is 2. The third kappa shape index (κ3) is 4.61. The van der Waals surface area contributed by atoms with Gasteiger partial charge in [-0.1, -0.05) is 29.8 Å². The minimum atomic E-state index is -0.294. The highest BCUT2D eigenvalue weighted by molar-refractivity contribution is 6.32. The van der Waals surface area contributed by atoms with E-state index in [1.807, 2.05) is 32.0 Å². The molecule has 1 aromatic heterocycles. The number of carbonyl (C=O) groups is 1. The first-order valence-electron chi connectivity index (χ1n) is 8.83. The normalized spacial score (nSPS) is 10.5. The standard InChI is InChI=1S/C22H21ClN2O3/c1-15-11-18(12-16(2)22(15)23)28-14-21(27)25(13-17-7-5-6-10-24-17)19-8-3-4-9-20(19)26/h3-12,26H,13-14H2,1-2H3. The van der Waals surface area contributed by atoms with E-state index in [9.17, 15) is 9.90 Å². The maximum atomic E-state index is 12.9. The largest absolute Gasteiger partial charge is 0.506 e. The number of phenols is 1. The summed E-state index contributed by atoms with van der Waals surface area (Å²) in [7, 11) is 0. The Morgan fingerprint density at radius 2 is 1.79 bits per heavy atom. The fourth-order valence-electron chi connectivity index (χ4n) is 2.87. The molecule has 144 valence electrons. The lowest BCUT2D eigenvalue weighted by molar-refractivity contribution is -0.120. The first kappa shape index (κ1) is 19.7. The second-order valence-corrected chi connectivity index (χ2v) is 6.83. The number of aryl methyl sites for hydroxylation is 2. The molecule has 0 saturated heterocycles. The van der Waals surface area contributed by atoms with E-state index in [-0.39, 0.29) is 24.8 Å². The summed E-state index contributed by atoms with van der Waals surface area (Å²) >= 11 is 6.19. The summed E-state index contributed by atoms with van der Waals surface area (Å²) in [6, 6.07) is 15.8. The molecule has 0 aliphatic heterocycles. The molecule has 2 aromatic carbocycles. The van der Waals surface area contributed by atoms with Crippen molar-refractivity contribution in [1.82, 2.24) is 4.98 Å². The molecule has 28 heavy (non-hydrogen) atoms. The van der Waals surface area contributed by atoms with Gasteiger partial charge in [-0.25, -0.2) is 0 Å². The molecule has 1 amide bonds. The van der Waals surface area contributed by atoms with E-state index in [1.165, 1.54) is 4.90 Å². The molecule has 3 rings (SSSR count). The van der Waals surface area contributed by atoms with Crippen LogP contribution in [0.3, 0.4) is 0 Å². The fourth-order valence-corrected chi connectivity index (χ4v) is 2.98. The first-order chi connectivity index (χ1) is 13.5. The lowest BCUT2D eigenvalue weighted by Gasteiger charge is -2.23. The summed E-state index contributed by atoms with van der Waals surface area (Å²) in [6.07, 6.45) is 1.67. The molecule has 6 heteroatoms. The smallest absolute Gasteiger partial charge is 0.265 e. The van der Waals surface area contributed by atoms with Gasteiger partial charge in [0.15, 0.2) is 6.61 Å². The number of amides is 1. The zero-order valence-electron chi connectivity index (χ0n) is 15.7. The van der Waals surface area contributed by atoms with Crippen molar-refractivity contribution in [2.24, 2.45) is 0 Å². The molecule has 0 unspecified atom stereocenters. The number of pyridine rings is 1. The van der Waals surface area contributed by atoms with Crippen LogP contribution in [-0.2, 0) is 11.3 Å². The third-order valence-electron chi connectivity index (χ3n) is 4.29. The Hall–Kier alpha value is -3.05. The van der Waals surface area contributed by atoms with Gasteiger partial charge in [-0.15, -0.1) is 0 Å². The number of halogens is 1. The molecule has 0 bridgehead atoms. The molecule has 0 saturated carbocycles. The highest BCUT2D eigenvalue weighted by Gasteiger charge is 2.20. The fraction of sp³-hybridized carbons (Fsp3) is 0.182. The van der Waals surface area contributed by atoms with Crippen molar-refractivity contribution >= 4 is 23.2 Å². The second kappa shape index (κ2) is 8.76. The van der Waals surface area contributed by atoms with E-state index in [1.54, 1.807) is 42.6 Å². The van der Waals surface area contributed by atoms with Gasteiger partial charge in [-0.3, -0.25) is 14.7 Å². The predicted octanol–water partition coefficient (Wildman–Crippen LogP) is 4.67. The number of carbonyl (C=O) groups excluding carboxylic acids is 1. The predicted molar refractivity (Wildman–Crippen MR) is 110 cm³/mol. The maximum Gasteiger partial charge on any atom is 0.265 e. The Balaban J connectivity index is 1.81. The van der Waals surface area contributed by atoms with Gasteiger partial charge in [0.1, 0.15) is 11.5 Å². The van der Waals surface area contributed by atoms with Crippen molar-refractivity contribution in [3.63, 3.8) is 0 Å². The number of para-hydroxylation sites is 2. The second-order valence-electron chi connectivity index (χ2n) is 6.45. The molecule has 0 spiro atoms. The van der Waals surface area contributed by atoms with Crippen LogP contribution in [0.25, 0.3) is 0 Å². The van der Waals surface area contributed by atoms with Gasteiger partial charge in [-0.2, -0.15) is 0 Å². The molecular weight excluding hydrogens is 376 g/mol. The number of rotatable bonds is 6. The van der Waals surface area contributed by atoms with Crippen LogP contribution < -0.4 is 9.64 Å². The van der Waals surface area contributed by atoms with Crippen LogP contribution in [0.15, 0.2) is 60.8 Å². The van der Waals surface area contributed by atoms with Crippen molar-refractivity contribution in [3.05, 3.63) is 82.6 Å². The van der Waals surface area contributed by atoms with Crippen LogP contribution in [0.5, 0.6) is 11.5 Å². The van der Waals surface area contributed by atoms with E-state index in [0.29, 0.717) is 22.2 Å². The number of ether oxygens (including phenoxy) is 1. The number of hydrogen-bond acceptors (Lipinski definition) is 4. The first-order valence-corrected chi connectivity index (χ1v) is 9.21. The van der Waals surface area contributed by atoms with Crippen LogP contribution in [0, 0.1) is 13.8 Å². The Morgan fingerprint density at radius 3 is 2.43 bits per heavy atom. The van der Waals surface area contributed by atoms with Crippen LogP contribution >= 0.6 is 11.6 Å². The summed E-state index contributed by atoms with van der Waals surface area (Å²) in [5, 5.41) is 10.9. The average molecular weight is 397 g/mol. The molecule has 1 N–H and O–H groups in total. The summed E-state index contributed by atoms with van der Waals surface area (Å²) in [5.74, 6) is 0.296. The maximum absolute atomic E-state index is 12.9. The molecule has 1 heterocycles. The molecule has 0 radical (unpaired) electrons. The molecule has 0 aliphatic rings. The zero-order valence-corrected chi connectivity index (χ0v) is 16.5. The Kier molecular flexibility index (Phi) is 6.16. The van der Waals surface area contributed by atoms with Gasteiger partial charge in [0.05, 0.1) is 17.9 Å². The minimum Gasteiger partial charge on any atom is -0.506 e. The zero-order chi connectivity index (χ0) is 20.1. The Bertz CT molecular complexity index is 954. The van der Waals surface area contributed by atoms with Crippen molar-refractivity contribution in [2.45, 2.75) is 20.4 Å². The minimum absolute atomic E-state index is 0.0185. The molecule has 5 nitrogen and oxygen atoms in total. The van der Waals surface area contributed by atoms with Crippen molar-refractivity contribution in [2.75, 3.05) is 11.5 Å². The summed E-state index contributed by atoms with van der Waals surface area (Å²) in [5.41, 5.74) is 2.88. The average Bonchev–Trinajstić information content (AvgIpc) is 2.69. The Labute approximate surface area is 169 Å². The molecular formula is C22H21ClN2O3. The highest BCUT2D eigenvalue weighted by atomic mass is 35.5. The van der Waals surface area contributed by atoms with Crippen molar-refractivity contribution in [3.8, 4) is 11.5 Å². The molecule has 3 aromatic rings.